The molecule has 0 aliphatic carbocycles. The summed E-state index contributed by atoms with van der Waals surface area (Å²) in [5.74, 6) is -2.00. The van der Waals surface area contributed by atoms with E-state index in [0.717, 1.165) is 11.3 Å². The Morgan fingerprint density at radius 2 is 1.93 bits per heavy atom. The Hall–Kier alpha value is -2.12. The summed E-state index contributed by atoms with van der Waals surface area (Å²) in [5, 5.41) is 9.59. The molecular weight excluding hydrogens is 350 g/mol. The molecule has 0 radical (unpaired) electrons. The summed E-state index contributed by atoms with van der Waals surface area (Å²) in [5.41, 5.74) is 2.84. The second kappa shape index (κ2) is 10.3. The van der Waals surface area contributed by atoms with Crippen molar-refractivity contribution in [2.45, 2.75) is 32.6 Å². The number of morpholine rings is 1. The highest BCUT2D eigenvalue weighted by Crippen LogP contribution is 2.32. The van der Waals surface area contributed by atoms with Crippen molar-refractivity contribution in [3.05, 3.63) is 28.8 Å². The lowest BCUT2D eigenvalue weighted by Crippen LogP contribution is -2.37. The zero-order valence-corrected chi connectivity index (χ0v) is 16.3. The molecule has 1 unspecified atom stereocenters. The smallest absolute Gasteiger partial charge is 0.338 e. The number of nitrogens with zero attached hydrogens (tertiary/aromatic N) is 1. The first kappa shape index (κ1) is 21.2. The minimum absolute atomic E-state index is 0.158. The number of aliphatic carboxylic acids is 1. The van der Waals surface area contributed by atoms with Gasteiger partial charge >= 0.3 is 11.9 Å². The first-order chi connectivity index (χ1) is 13.0. The fraction of sp³-hybridized carbons (Fsp3) is 0.600. The molecule has 0 amide bonds. The molecule has 1 heterocycles. The number of hydrogen-bond donors (Lipinski definition) is 1. The number of esters is 1. The molecular formula is C20H29NO6. The number of methoxy groups -OCH3 is 1. The maximum atomic E-state index is 12.7. The van der Waals surface area contributed by atoms with Gasteiger partial charge in [-0.1, -0.05) is 13.8 Å². The van der Waals surface area contributed by atoms with Crippen molar-refractivity contribution in [1.82, 2.24) is 0 Å². The Morgan fingerprint density at radius 3 is 2.48 bits per heavy atom. The number of carbonyl (C=O) groups is 2. The van der Waals surface area contributed by atoms with Crippen LogP contribution in [0.2, 0.25) is 0 Å². The Kier molecular flexibility index (Phi) is 8.06. The van der Waals surface area contributed by atoms with Gasteiger partial charge < -0.3 is 24.2 Å². The predicted molar refractivity (Wildman–Crippen MR) is 102 cm³/mol. The van der Waals surface area contributed by atoms with Crippen LogP contribution < -0.4 is 4.90 Å². The van der Waals surface area contributed by atoms with Crippen molar-refractivity contribution < 1.29 is 28.9 Å². The number of carboxylic acids is 1. The van der Waals surface area contributed by atoms with E-state index in [0.29, 0.717) is 56.9 Å². The molecule has 0 saturated carbocycles. The molecule has 0 aromatic heterocycles. The third-order valence-electron chi connectivity index (χ3n) is 4.80. The summed E-state index contributed by atoms with van der Waals surface area (Å²) < 4.78 is 15.7. The van der Waals surface area contributed by atoms with Crippen LogP contribution in [0.3, 0.4) is 0 Å². The van der Waals surface area contributed by atoms with E-state index < -0.39 is 17.9 Å². The maximum Gasteiger partial charge on any atom is 0.338 e. The van der Waals surface area contributed by atoms with E-state index in [1.807, 2.05) is 19.9 Å². The standard InChI is InChI=1S/C20H29NO6/c1-4-15(19(22)23)14-12-17(20(24)27-11-10-25-3)16(5-2)18(13-14)21-6-8-26-9-7-21/h12-13,15H,4-11H2,1-3H3,(H,22,23). The summed E-state index contributed by atoms with van der Waals surface area (Å²) in [4.78, 5) is 26.6. The van der Waals surface area contributed by atoms with Crippen LogP contribution >= 0.6 is 0 Å². The topological polar surface area (TPSA) is 85.3 Å². The average molecular weight is 379 g/mol. The molecule has 1 aromatic rings. The van der Waals surface area contributed by atoms with Crippen LogP contribution in [0.1, 0.15) is 47.7 Å². The van der Waals surface area contributed by atoms with Crippen LogP contribution in [0.15, 0.2) is 12.1 Å². The molecule has 2 rings (SSSR count). The van der Waals surface area contributed by atoms with Gasteiger partial charge in [-0.05, 0) is 36.1 Å². The Labute approximate surface area is 160 Å². The summed E-state index contributed by atoms with van der Waals surface area (Å²) in [7, 11) is 1.54. The van der Waals surface area contributed by atoms with E-state index in [1.54, 1.807) is 13.2 Å². The number of carbonyl (C=O) groups excluding carboxylic acids is 1. The van der Waals surface area contributed by atoms with Gasteiger partial charge in [0.15, 0.2) is 0 Å². The molecule has 0 spiro atoms. The summed E-state index contributed by atoms with van der Waals surface area (Å²) in [6.45, 7) is 6.92. The van der Waals surface area contributed by atoms with E-state index in [4.69, 9.17) is 14.2 Å². The fourth-order valence-corrected chi connectivity index (χ4v) is 3.37. The van der Waals surface area contributed by atoms with Crippen molar-refractivity contribution in [1.29, 1.82) is 0 Å². The molecule has 1 atom stereocenters. The summed E-state index contributed by atoms with van der Waals surface area (Å²) in [6, 6.07) is 3.60. The fourth-order valence-electron chi connectivity index (χ4n) is 3.37. The van der Waals surface area contributed by atoms with Crippen LogP contribution in [0.25, 0.3) is 0 Å². The highest BCUT2D eigenvalue weighted by molar-refractivity contribution is 5.94. The van der Waals surface area contributed by atoms with Crippen molar-refractivity contribution in [3.63, 3.8) is 0 Å². The first-order valence-electron chi connectivity index (χ1n) is 9.41. The molecule has 1 N–H and O–H groups in total. The Morgan fingerprint density at radius 1 is 1.22 bits per heavy atom. The molecule has 1 fully saturated rings. The Bertz CT molecular complexity index is 654. The van der Waals surface area contributed by atoms with Gasteiger partial charge in [-0.3, -0.25) is 4.79 Å². The van der Waals surface area contributed by atoms with Gasteiger partial charge in [-0.15, -0.1) is 0 Å². The summed E-state index contributed by atoms with van der Waals surface area (Å²) in [6.07, 6.45) is 1.09. The molecule has 1 aliphatic heterocycles. The molecule has 7 heteroatoms. The maximum absolute atomic E-state index is 12.7. The summed E-state index contributed by atoms with van der Waals surface area (Å²) >= 11 is 0. The number of ether oxygens (including phenoxy) is 3. The highest BCUT2D eigenvalue weighted by Gasteiger charge is 2.26. The van der Waals surface area contributed by atoms with Gasteiger partial charge in [0.1, 0.15) is 6.61 Å². The highest BCUT2D eigenvalue weighted by atomic mass is 16.6. The number of anilines is 1. The predicted octanol–water partition coefficient (Wildman–Crippen LogP) is 2.47. The molecule has 27 heavy (non-hydrogen) atoms. The lowest BCUT2D eigenvalue weighted by Gasteiger charge is -2.32. The molecule has 150 valence electrons. The molecule has 0 bridgehead atoms. The zero-order chi connectivity index (χ0) is 19.8. The van der Waals surface area contributed by atoms with Gasteiger partial charge in [0.25, 0.3) is 0 Å². The molecule has 7 nitrogen and oxygen atoms in total. The quantitative estimate of drug-likeness (QED) is 0.521. The van der Waals surface area contributed by atoms with Crippen LogP contribution in [-0.2, 0) is 25.4 Å². The van der Waals surface area contributed by atoms with Crippen LogP contribution in [0, 0.1) is 0 Å². The number of carboxylic acid groups (broad SMARTS) is 1. The second-order valence-electron chi connectivity index (χ2n) is 6.45. The number of rotatable bonds is 9. The lowest BCUT2D eigenvalue weighted by atomic mass is 9.90. The van der Waals surface area contributed by atoms with Crippen molar-refractivity contribution in [2.75, 3.05) is 51.5 Å². The monoisotopic (exact) mass is 379 g/mol. The van der Waals surface area contributed by atoms with E-state index >= 15 is 0 Å². The van der Waals surface area contributed by atoms with E-state index in [9.17, 15) is 14.7 Å². The third kappa shape index (κ3) is 5.20. The van der Waals surface area contributed by atoms with E-state index in [2.05, 4.69) is 4.90 Å². The van der Waals surface area contributed by atoms with E-state index in [-0.39, 0.29) is 6.61 Å². The zero-order valence-electron chi connectivity index (χ0n) is 16.3. The molecule has 1 aromatic carbocycles. The van der Waals surface area contributed by atoms with Crippen LogP contribution in [-0.4, -0.2) is 63.7 Å². The number of benzene rings is 1. The van der Waals surface area contributed by atoms with Crippen LogP contribution in [0.5, 0.6) is 0 Å². The first-order valence-corrected chi connectivity index (χ1v) is 9.41. The molecule has 1 aliphatic rings. The second-order valence-corrected chi connectivity index (χ2v) is 6.45. The third-order valence-corrected chi connectivity index (χ3v) is 4.80. The lowest BCUT2D eigenvalue weighted by molar-refractivity contribution is -0.138. The van der Waals surface area contributed by atoms with Crippen molar-refractivity contribution in [3.8, 4) is 0 Å². The Balaban J connectivity index is 2.50. The van der Waals surface area contributed by atoms with Gasteiger partial charge in [-0.25, -0.2) is 4.79 Å². The van der Waals surface area contributed by atoms with Crippen molar-refractivity contribution in [2.24, 2.45) is 0 Å². The minimum Gasteiger partial charge on any atom is -0.481 e. The minimum atomic E-state index is -0.895. The SMILES string of the molecule is CCc1c(C(=O)OCCOC)cc(C(CC)C(=O)O)cc1N1CCOCC1. The number of hydrogen-bond acceptors (Lipinski definition) is 6. The largest absolute Gasteiger partial charge is 0.481 e. The average Bonchev–Trinajstić information content (AvgIpc) is 2.68. The van der Waals surface area contributed by atoms with Gasteiger partial charge in [0.2, 0.25) is 0 Å². The normalized spacial score (nSPS) is 15.4. The van der Waals surface area contributed by atoms with E-state index in [1.165, 1.54) is 0 Å². The van der Waals surface area contributed by atoms with Gasteiger partial charge in [0.05, 0.1) is 31.3 Å². The van der Waals surface area contributed by atoms with Gasteiger partial charge in [0, 0.05) is 25.9 Å². The van der Waals surface area contributed by atoms with Crippen LogP contribution in [0.4, 0.5) is 5.69 Å². The molecule has 1 saturated heterocycles. The van der Waals surface area contributed by atoms with Crippen molar-refractivity contribution >= 4 is 17.6 Å². The van der Waals surface area contributed by atoms with Gasteiger partial charge in [-0.2, -0.15) is 0 Å².